The Balaban J connectivity index is 1.54. The second kappa shape index (κ2) is 10.8. The van der Waals surface area contributed by atoms with Crippen molar-refractivity contribution in [3.8, 4) is 17.0 Å². The third kappa shape index (κ3) is 5.99. The van der Waals surface area contributed by atoms with Gasteiger partial charge in [-0.1, -0.05) is 35.3 Å². The zero-order valence-corrected chi connectivity index (χ0v) is 18.9. The zero-order valence-electron chi connectivity index (χ0n) is 18.2. The molecule has 170 valence electrons. The maximum absolute atomic E-state index is 13.1. The molecule has 1 atom stereocenters. The highest BCUT2D eigenvalue weighted by molar-refractivity contribution is 6.30. The minimum absolute atomic E-state index is 0.0842. The van der Waals surface area contributed by atoms with Crippen LogP contribution >= 0.6 is 11.6 Å². The molecule has 0 saturated heterocycles. The highest BCUT2D eigenvalue weighted by Crippen LogP contribution is 2.33. The molecule has 7 nitrogen and oxygen atoms in total. The molecule has 2 aliphatic carbocycles. The Hall–Kier alpha value is -2.64. The lowest BCUT2D eigenvalue weighted by Gasteiger charge is -2.24. The van der Waals surface area contributed by atoms with E-state index in [1.807, 2.05) is 30.3 Å². The molecule has 1 unspecified atom stereocenters. The van der Waals surface area contributed by atoms with Gasteiger partial charge in [0, 0.05) is 23.9 Å². The third-order valence-corrected chi connectivity index (χ3v) is 5.91. The van der Waals surface area contributed by atoms with Crippen molar-refractivity contribution in [3.05, 3.63) is 47.1 Å². The number of aromatic nitrogens is 1. The fourth-order valence-corrected chi connectivity index (χ4v) is 3.80. The molecule has 4 rings (SSSR count). The van der Waals surface area contributed by atoms with E-state index in [1.54, 1.807) is 13.3 Å². The van der Waals surface area contributed by atoms with Crippen LogP contribution in [-0.2, 0) is 9.57 Å². The van der Waals surface area contributed by atoms with Crippen LogP contribution in [0.1, 0.15) is 48.9 Å². The summed E-state index contributed by atoms with van der Waals surface area (Å²) in [6.07, 6.45) is 7.61. The Kier molecular flexibility index (Phi) is 7.60. The predicted molar refractivity (Wildman–Crippen MR) is 123 cm³/mol. The third-order valence-electron chi connectivity index (χ3n) is 5.66. The number of halogens is 1. The molecule has 1 aromatic carbocycles. The van der Waals surface area contributed by atoms with Gasteiger partial charge in [-0.3, -0.25) is 4.79 Å². The van der Waals surface area contributed by atoms with E-state index in [-0.39, 0.29) is 18.7 Å². The summed E-state index contributed by atoms with van der Waals surface area (Å²) >= 11 is 6.06. The number of methoxy groups -OCH3 is 1. The van der Waals surface area contributed by atoms with E-state index >= 15 is 0 Å². The summed E-state index contributed by atoms with van der Waals surface area (Å²) in [5.74, 6) is 0.929. The lowest BCUT2D eigenvalue weighted by atomic mass is 9.93. The van der Waals surface area contributed by atoms with Gasteiger partial charge in [-0.05, 0) is 61.8 Å². The summed E-state index contributed by atoms with van der Waals surface area (Å²) in [6, 6.07) is 9.11. The molecular weight excluding hydrogens is 430 g/mol. The molecule has 2 fully saturated rings. The largest absolute Gasteiger partial charge is 0.477 e. The smallest absolute Gasteiger partial charge is 0.253 e. The first-order chi connectivity index (χ1) is 15.6. The highest BCUT2D eigenvalue weighted by Gasteiger charge is 2.25. The fraction of sp³-hybridized carbons (Fsp3) is 0.458. The Labute approximate surface area is 193 Å². The summed E-state index contributed by atoms with van der Waals surface area (Å²) in [5, 5.41) is 7.90. The number of oxime groups is 1. The van der Waals surface area contributed by atoms with Crippen LogP contribution in [0.3, 0.4) is 0 Å². The highest BCUT2D eigenvalue weighted by atomic mass is 35.5. The molecule has 2 aliphatic rings. The average Bonchev–Trinajstić information content (AvgIpc) is 3.64. The fourth-order valence-electron chi connectivity index (χ4n) is 3.67. The van der Waals surface area contributed by atoms with Gasteiger partial charge in [0.05, 0.1) is 23.9 Å². The minimum Gasteiger partial charge on any atom is -0.477 e. The van der Waals surface area contributed by atoms with Crippen LogP contribution < -0.4 is 10.1 Å². The molecule has 1 N–H and O–H groups in total. The van der Waals surface area contributed by atoms with Gasteiger partial charge in [-0.15, -0.1) is 0 Å². The molecule has 1 amide bonds. The number of rotatable bonds is 9. The van der Waals surface area contributed by atoms with Gasteiger partial charge >= 0.3 is 0 Å². The molecule has 8 heteroatoms. The SMILES string of the molecule is COCON=C1CCCCC1NC(=O)c1cnc(OCC2CC2)c(-c2ccc(Cl)cc2)c1. The van der Waals surface area contributed by atoms with E-state index in [1.165, 1.54) is 12.8 Å². The van der Waals surface area contributed by atoms with Crippen molar-refractivity contribution in [2.45, 2.75) is 44.6 Å². The van der Waals surface area contributed by atoms with Crippen molar-refractivity contribution in [2.24, 2.45) is 11.1 Å². The van der Waals surface area contributed by atoms with Gasteiger partial charge in [0.25, 0.3) is 5.91 Å². The standard InChI is InChI=1S/C24H28ClN3O4/c1-30-15-32-28-22-5-3-2-4-21(22)27-23(29)18-12-20(17-8-10-19(25)11-9-17)24(26-13-18)31-14-16-6-7-16/h8-13,16,21H,2-7,14-15H2,1H3,(H,27,29). The molecule has 0 aliphatic heterocycles. The van der Waals surface area contributed by atoms with E-state index in [0.717, 1.165) is 42.5 Å². The van der Waals surface area contributed by atoms with Crippen LogP contribution in [-0.4, -0.2) is 43.2 Å². The maximum Gasteiger partial charge on any atom is 0.253 e. The van der Waals surface area contributed by atoms with Gasteiger partial charge < -0.3 is 19.6 Å². The Bertz CT molecular complexity index is 960. The summed E-state index contributed by atoms with van der Waals surface area (Å²) in [4.78, 5) is 22.7. The van der Waals surface area contributed by atoms with Gasteiger partial charge in [-0.2, -0.15) is 0 Å². The van der Waals surface area contributed by atoms with E-state index in [9.17, 15) is 4.79 Å². The summed E-state index contributed by atoms with van der Waals surface area (Å²) in [6.45, 7) is 0.726. The van der Waals surface area contributed by atoms with Crippen LogP contribution in [0.15, 0.2) is 41.7 Å². The number of nitrogens with zero attached hydrogens (tertiary/aromatic N) is 2. The monoisotopic (exact) mass is 457 g/mol. The van der Waals surface area contributed by atoms with E-state index < -0.39 is 0 Å². The molecule has 2 saturated carbocycles. The zero-order chi connectivity index (χ0) is 22.3. The summed E-state index contributed by atoms with van der Waals surface area (Å²) in [7, 11) is 1.55. The quantitative estimate of drug-likeness (QED) is 0.331. The number of ether oxygens (including phenoxy) is 2. The van der Waals surface area contributed by atoms with Crippen LogP contribution in [0.2, 0.25) is 5.02 Å². The van der Waals surface area contributed by atoms with Gasteiger partial charge in [0.1, 0.15) is 0 Å². The molecule has 1 heterocycles. The number of amides is 1. The summed E-state index contributed by atoms with van der Waals surface area (Å²) in [5.41, 5.74) is 2.97. The minimum atomic E-state index is -0.201. The van der Waals surface area contributed by atoms with Crippen LogP contribution in [0.25, 0.3) is 11.1 Å². The number of benzene rings is 1. The lowest BCUT2D eigenvalue weighted by Crippen LogP contribution is -2.42. The van der Waals surface area contributed by atoms with Gasteiger partial charge in [0.15, 0.2) is 0 Å². The van der Waals surface area contributed by atoms with Gasteiger partial charge in [0.2, 0.25) is 12.7 Å². The second-order valence-electron chi connectivity index (χ2n) is 8.23. The Morgan fingerprint density at radius 2 is 2.03 bits per heavy atom. The number of pyridine rings is 1. The number of hydrogen-bond acceptors (Lipinski definition) is 6. The van der Waals surface area contributed by atoms with E-state index in [4.69, 9.17) is 25.9 Å². The maximum atomic E-state index is 13.1. The second-order valence-corrected chi connectivity index (χ2v) is 8.66. The number of nitrogens with one attached hydrogen (secondary N) is 1. The number of hydrogen-bond donors (Lipinski definition) is 1. The van der Waals surface area contributed by atoms with Crippen LogP contribution in [0.4, 0.5) is 0 Å². The van der Waals surface area contributed by atoms with Crippen molar-refractivity contribution in [2.75, 3.05) is 20.5 Å². The molecule has 0 spiro atoms. The normalized spacial score (nSPS) is 19.6. The Morgan fingerprint density at radius 1 is 1.22 bits per heavy atom. The van der Waals surface area contributed by atoms with Crippen molar-refractivity contribution in [1.29, 1.82) is 0 Å². The van der Waals surface area contributed by atoms with Gasteiger partial charge in [-0.25, -0.2) is 4.98 Å². The lowest BCUT2D eigenvalue weighted by molar-refractivity contribution is -0.0290. The molecule has 0 bridgehead atoms. The molecule has 32 heavy (non-hydrogen) atoms. The van der Waals surface area contributed by atoms with Crippen LogP contribution in [0.5, 0.6) is 5.88 Å². The van der Waals surface area contributed by atoms with E-state index in [2.05, 4.69) is 15.5 Å². The van der Waals surface area contributed by atoms with Crippen molar-refractivity contribution in [3.63, 3.8) is 0 Å². The van der Waals surface area contributed by atoms with E-state index in [0.29, 0.717) is 29.0 Å². The Morgan fingerprint density at radius 3 is 2.78 bits per heavy atom. The number of carbonyl (C=O) groups is 1. The predicted octanol–water partition coefficient (Wildman–Crippen LogP) is 4.84. The number of carbonyl (C=O) groups excluding carboxylic acids is 1. The van der Waals surface area contributed by atoms with Crippen molar-refractivity contribution in [1.82, 2.24) is 10.3 Å². The summed E-state index contributed by atoms with van der Waals surface area (Å²) < 4.78 is 10.9. The first kappa shape index (κ1) is 22.6. The topological polar surface area (TPSA) is 82.0 Å². The van der Waals surface area contributed by atoms with Crippen molar-refractivity contribution < 1.29 is 19.1 Å². The molecule has 0 radical (unpaired) electrons. The first-order valence-corrected chi connectivity index (χ1v) is 11.4. The average molecular weight is 458 g/mol. The van der Waals surface area contributed by atoms with Crippen molar-refractivity contribution >= 4 is 23.2 Å². The molecule has 1 aromatic heterocycles. The first-order valence-electron chi connectivity index (χ1n) is 11.0. The van der Waals surface area contributed by atoms with Crippen LogP contribution in [0, 0.1) is 5.92 Å². The molecule has 2 aromatic rings. The molecular formula is C24H28ClN3O4.